The second-order valence-corrected chi connectivity index (χ2v) is 3.83. The fourth-order valence-electron chi connectivity index (χ4n) is 2.12. The number of hydrogen-bond acceptors (Lipinski definition) is 2. The van der Waals surface area contributed by atoms with Crippen LogP contribution in [-0.4, -0.2) is 12.9 Å². The third kappa shape index (κ3) is 1.37. The molecule has 1 atom stereocenters. The fourth-order valence-corrected chi connectivity index (χ4v) is 2.12. The summed E-state index contributed by atoms with van der Waals surface area (Å²) in [6, 6.07) is 7.91. The molecule has 0 bridgehead atoms. The minimum absolute atomic E-state index is 0.0555. The first kappa shape index (κ1) is 9.97. The standard InChI is InChI=1S/C13H14O2/c1-8-10-6-4-5-7-11(10)13(15-3)9(2)12(8)14/h4-8H,1-3H3. The van der Waals surface area contributed by atoms with Crippen molar-refractivity contribution < 1.29 is 9.53 Å². The number of ketones is 1. The van der Waals surface area contributed by atoms with Gasteiger partial charge in [0.1, 0.15) is 5.76 Å². The Labute approximate surface area is 89.6 Å². The Morgan fingerprint density at radius 3 is 2.60 bits per heavy atom. The number of Topliss-reactive ketones (excluding diaryl/α,β-unsaturated/α-hetero) is 1. The van der Waals surface area contributed by atoms with E-state index in [1.807, 2.05) is 38.1 Å². The number of fused-ring (bicyclic) bond motifs is 1. The number of benzene rings is 1. The van der Waals surface area contributed by atoms with Crippen molar-refractivity contribution in [2.45, 2.75) is 19.8 Å². The maximum absolute atomic E-state index is 11.9. The summed E-state index contributed by atoms with van der Waals surface area (Å²) in [4.78, 5) is 11.9. The highest BCUT2D eigenvalue weighted by Gasteiger charge is 2.29. The van der Waals surface area contributed by atoms with E-state index in [9.17, 15) is 4.79 Å². The van der Waals surface area contributed by atoms with Gasteiger partial charge in [0.05, 0.1) is 7.11 Å². The first-order valence-electron chi connectivity index (χ1n) is 5.05. The van der Waals surface area contributed by atoms with E-state index in [4.69, 9.17) is 4.74 Å². The van der Waals surface area contributed by atoms with Gasteiger partial charge in [0, 0.05) is 17.1 Å². The summed E-state index contributed by atoms with van der Waals surface area (Å²) in [7, 11) is 1.61. The average molecular weight is 202 g/mol. The predicted octanol–water partition coefficient (Wildman–Crippen LogP) is 2.75. The van der Waals surface area contributed by atoms with Crippen molar-refractivity contribution in [2.75, 3.05) is 7.11 Å². The normalized spacial score (nSPS) is 20.2. The van der Waals surface area contributed by atoms with Crippen LogP contribution in [0.1, 0.15) is 30.9 Å². The smallest absolute Gasteiger partial charge is 0.169 e. The Balaban J connectivity index is 2.69. The molecule has 0 fully saturated rings. The molecular weight excluding hydrogens is 188 g/mol. The highest BCUT2D eigenvalue weighted by molar-refractivity contribution is 6.08. The van der Waals surface area contributed by atoms with Crippen LogP contribution < -0.4 is 0 Å². The van der Waals surface area contributed by atoms with Crippen LogP contribution in [0.5, 0.6) is 0 Å². The lowest BCUT2D eigenvalue weighted by Gasteiger charge is -2.24. The molecule has 1 aliphatic carbocycles. The van der Waals surface area contributed by atoms with Crippen LogP contribution in [0, 0.1) is 0 Å². The number of ether oxygens (including phenoxy) is 1. The highest BCUT2D eigenvalue weighted by Crippen LogP contribution is 2.35. The van der Waals surface area contributed by atoms with Crippen LogP contribution >= 0.6 is 0 Å². The molecule has 0 N–H and O–H groups in total. The van der Waals surface area contributed by atoms with Gasteiger partial charge in [-0.25, -0.2) is 0 Å². The molecule has 2 heteroatoms. The quantitative estimate of drug-likeness (QED) is 0.700. The van der Waals surface area contributed by atoms with Crippen molar-refractivity contribution in [3.05, 3.63) is 41.0 Å². The highest BCUT2D eigenvalue weighted by atomic mass is 16.5. The maximum Gasteiger partial charge on any atom is 0.169 e. The van der Waals surface area contributed by atoms with Crippen molar-refractivity contribution in [2.24, 2.45) is 0 Å². The van der Waals surface area contributed by atoms with E-state index in [1.54, 1.807) is 7.11 Å². The largest absolute Gasteiger partial charge is 0.496 e. The van der Waals surface area contributed by atoms with Crippen molar-refractivity contribution in [3.63, 3.8) is 0 Å². The van der Waals surface area contributed by atoms with Crippen LogP contribution in [0.2, 0.25) is 0 Å². The van der Waals surface area contributed by atoms with Gasteiger partial charge >= 0.3 is 0 Å². The molecule has 0 aromatic heterocycles. The van der Waals surface area contributed by atoms with Gasteiger partial charge in [-0.3, -0.25) is 4.79 Å². The molecule has 1 unspecified atom stereocenters. The number of allylic oxidation sites excluding steroid dienone is 1. The summed E-state index contributed by atoms with van der Waals surface area (Å²) in [5.74, 6) is 0.819. The van der Waals surface area contributed by atoms with Gasteiger partial charge in [0.15, 0.2) is 5.78 Å². The van der Waals surface area contributed by atoms with Crippen LogP contribution in [0.3, 0.4) is 0 Å². The molecule has 0 amide bonds. The van der Waals surface area contributed by atoms with Crippen molar-refractivity contribution in [3.8, 4) is 0 Å². The van der Waals surface area contributed by atoms with E-state index in [0.717, 1.165) is 16.7 Å². The summed E-state index contributed by atoms with van der Waals surface area (Å²) >= 11 is 0. The van der Waals surface area contributed by atoms with Gasteiger partial charge < -0.3 is 4.74 Å². The second kappa shape index (κ2) is 3.54. The third-order valence-corrected chi connectivity index (χ3v) is 2.98. The maximum atomic E-state index is 11.9. The molecule has 0 radical (unpaired) electrons. The number of rotatable bonds is 1. The lowest BCUT2D eigenvalue weighted by Crippen LogP contribution is -2.19. The summed E-state index contributed by atoms with van der Waals surface area (Å²) in [6.45, 7) is 3.77. The van der Waals surface area contributed by atoms with Gasteiger partial charge in [-0.05, 0) is 12.5 Å². The Bertz CT molecular complexity index is 444. The third-order valence-electron chi connectivity index (χ3n) is 2.98. The predicted molar refractivity (Wildman–Crippen MR) is 59.5 cm³/mol. The summed E-state index contributed by atoms with van der Waals surface area (Å²) in [6.07, 6.45) is 0. The summed E-state index contributed by atoms with van der Waals surface area (Å²) in [5, 5.41) is 0. The molecular formula is C13H14O2. The van der Waals surface area contributed by atoms with E-state index in [0.29, 0.717) is 5.76 Å². The molecule has 0 heterocycles. The van der Waals surface area contributed by atoms with Crippen molar-refractivity contribution in [1.82, 2.24) is 0 Å². The van der Waals surface area contributed by atoms with Crippen LogP contribution in [-0.2, 0) is 9.53 Å². The van der Waals surface area contributed by atoms with Crippen LogP contribution in [0.4, 0.5) is 0 Å². The molecule has 0 saturated heterocycles. The Morgan fingerprint density at radius 2 is 1.93 bits per heavy atom. The van der Waals surface area contributed by atoms with Gasteiger partial charge in [-0.2, -0.15) is 0 Å². The minimum Gasteiger partial charge on any atom is -0.496 e. The zero-order valence-electron chi connectivity index (χ0n) is 9.20. The summed E-state index contributed by atoms with van der Waals surface area (Å²) < 4.78 is 5.31. The molecule has 1 aromatic rings. The molecule has 1 aromatic carbocycles. The van der Waals surface area contributed by atoms with Gasteiger partial charge in [0.2, 0.25) is 0 Å². The minimum atomic E-state index is -0.0555. The van der Waals surface area contributed by atoms with Gasteiger partial charge in [0.25, 0.3) is 0 Å². The lowest BCUT2D eigenvalue weighted by atomic mass is 9.82. The zero-order chi connectivity index (χ0) is 11.0. The molecule has 0 aliphatic heterocycles. The first-order chi connectivity index (χ1) is 7.16. The molecule has 78 valence electrons. The van der Waals surface area contributed by atoms with E-state index < -0.39 is 0 Å². The van der Waals surface area contributed by atoms with Crippen LogP contribution in [0.15, 0.2) is 29.8 Å². The van der Waals surface area contributed by atoms with Crippen molar-refractivity contribution >= 4 is 11.5 Å². The van der Waals surface area contributed by atoms with Gasteiger partial charge in [-0.15, -0.1) is 0 Å². The molecule has 2 nitrogen and oxygen atoms in total. The van der Waals surface area contributed by atoms with E-state index in [-0.39, 0.29) is 11.7 Å². The van der Waals surface area contributed by atoms with Gasteiger partial charge in [-0.1, -0.05) is 31.2 Å². The lowest BCUT2D eigenvalue weighted by molar-refractivity contribution is -0.116. The summed E-state index contributed by atoms with van der Waals surface area (Å²) in [5.41, 5.74) is 2.83. The number of methoxy groups -OCH3 is 1. The Kier molecular flexibility index (Phi) is 2.35. The molecule has 0 spiro atoms. The number of carbonyl (C=O) groups is 1. The average Bonchev–Trinajstić information content (AvgIpc) is 2.27. The monoisotopic (exact) mass is 202 g/mol. The zero-order valence-corrected chi connectivity index (χ0v) is 9.20. The second-order valence-electron chi connectivity index (χ2n) is 3.83. The molecule has 0 saturated carbocycles. The Hall–Kier alpha value is -1.57. The first-order valence-corrected chi connectivity index (χ1v) is 5.05. The van der Waals surface area contributed by atoms with E-state index in [2.05, 4.69) is 0 Å². The molecule has 1 aliphatic rings. The number of carbonyl (C=O) groups excluding carboxylic acids is 1. The fraction of sp³-hybridized carbons (Fsp3) is 0.308. The van der Waals surface area contributed by atoms with Crippen molar-refractivity contribution in [1.29, 1.82) is 0 Å². The molecule has 2 rings (SSSR count). The number of hydrogen-bond donors (Lipinski definition) is 0. The topological polar surface area (TPSA) is 26.3 Å². The van der Waals surface area contributed by atoms with E-state index in [1.165, 1.54) is 0 Å². The Morgan fingerprint density at radius 1 is 1.27 bits per heavy atom. The van der Waals surface area contributed by atoms with E-state index >= 15 is 0 Å². The molecule has 15 heavy (non-hydrogen) atoms. The van der Waals surface area contributed by atoms with Crippen LogP contribution in [0.25, 0.3) is 5.76 Å². The SMILES string of the molecule is COC1=C(C)C(=O)C(C)c2ccccc21.